The molecule has 2 nitrogen and oxygen atoms in total. The number of piperazine rings is 1. The maximum absolute atomic E-state index is 2.56. The molecule has 0 aromatic heterocycles. The monoisotopic (exact) mass is 140 g/mol. The average molecular weight is 140 g/mol. The van der Waals surface area contributed by atoms with Crippen molar-refractivity contribution < 1.29 is 0 Å². The summed E-state index contributed by atoms with van der Waals surface area (Å²) in [5.41, 5.74) is 0. The second kappa shape index (κ2) is 2.21. The second-order valence-electron chi connectivity index (χ2n) is 3.77. The fourth-order valence-electron chi connectivity index (χ4n) is 2.32. The van der Waals surface area contributed by atoms with Gasteiger partial charge in [-0.25, -0.2) is 0 Å². The first kappa shape index (κ1) is 6.62. The topological polar surface area (TPSA) is 6.48 Å². The van der Waals surface area contributed by atoms with Crippen molar-refractivity contribution >= 4 is 0 Å². The van der Waals surface area contributed by atoms with Gasteiger partial charge in [0.2, 0.25) is 0 Å². The molecule has 0 radical (unpaired) electrons. The van der Waals surface area contributed by atoms with Gasteiger partial charge in [-0.15, -0.1) is 0 Å². The third-order valence-corrected chi connectivity index (χ3v) is 3.03. The lowest BCUT2D eigenvalue weighted by atomic mass is 10.2. The molecule has 2 bridgehead atoms. The molecule has 0 N–H and O–H groups in total. The highest BCUT2D eigenvalue weighted by molar-refractivity contribution is 4.92. The molecule has 0 aromatic rings. The van der Waals surface area contributed by atoms with Crippen LogP contribution >= 0.6 is 0 Å². The molecule has 2 saturated heterocycles. The maximum atomic E-state index is 2.56. The van der Waals surface area contributed by atoms with E-state index in [1.54, 1.807) is 0 Å². The van der Waals surface area contributed by atoms with Crippen molar-refractivity contribution in [3.63, 3.8) is 0 Å². The molecule has 0 amide bonds. The molecule has 2 unspecified atom stereocenters. The summed E-state index contributed by atoms with van der Waals surface area (Å²) in [5, 5.41) is 0. The summed E-state index contributed by atoms with van der Waals surface area (Å²) in [6.45, 7) is 2.57. The molecule has 0 aliphatic carbocycles. The van der Waals surface area contributed by atoms with Crippen LogP contribution in [0.4, 0.5) is 0 Å². The zero-order valence-electron chi connectivity index (χ0n) is 6.88. The lowest BCUT2D eigenvalue weighted by Crippen LogP contribution is -2.50. The standard InChI is InChI=1S/C8H16N2/c1-9-5-7-3-4-8(6-9)10(7)2/h7-8H,3-6H2,1-2H3. The SMILES string of the molecule is CN1CC2CCC(C1)N2C. The minimum Gasteiger partial charge on any atom is -0.303 e. The van der Waals surface area contributed by atoms with E-state index in [9.17, 15) is 0 Å². The summed E-state index contributed by atoms with van der Waals surface area (Å²) in [7, 11) is 4.51. The first-order valence-corrected chi connectivity index (χ1v) is 4.18. The van der Waals surface area contributed by atoms with Crippen LogP contribution in [-0.2, 0) is 0 Å². The van der Waals surface area contributed by atoms with E-state index in [0.717, 1.165) is 12.1 Å². The molecule has 2 heteroatoms. The van der Waals surface area contributed by atoms with E-state index in [4.69, 9.17) is 0 Å². The molecule has 2 fully saturated rings. The van der Waals surface area contributed by atoms with Crippen LogP contribution in [0.3, 0.4) is 0 Å². The number of likely N-dealkylation sites (tertiary alicyclic amines) is 1. The van der Waals surface area contributed by atoms with E-state index < -0.39 is 0 Å². The Balaban J connectivity index is 2.09. The van der Waals surface area contributed by atoms with Crippen molar-refractivity contribution in [1.82, 2.24) is 9.80 Å². The van der Waals surface area contributed by atoms with Gasteiger partial charge in [0.25, 0.3) is 0 Å². The third-order valence-electron chi connectivity index (χ3n) is 3.03. The molecule has 0 saturated carbocycles. The highest BCUT2D eigenvalue weighted by Crippen LogP contribution is 2.27. The average Bonchev–Trinajstić information content (AvgIpc) is 2.20. The lowest BCUT2D eigenvalue weighted by molar-refractivity contribution is 0.107. The van der Waals surface area contributed by atoms with Gasteiger partial charge in [0.1, 0.15) is 0 Å². The van der Waals surface area contributed by atoms with Crippen molar-refractivity contribution in [2.45, 2.75) is 24.9 Å². The molecule has 58 valence electrons. The van der Waals surface area contributed by atoms with Gasteiger partial charge in [0, 0.05) is 25.2 Å². The first-order chi connectivity index (χ1) is 4.77. The number of hydrogen-bond donors (Lipinski definition) is 0. The van der Waals surface area contributed by atoms with Crippen molar-refractivity contribution in [2.75, 3.05) is 27.2 Å². The highest BCUT2D eigenvalue weighted by Gasteiger charge is 2.35. The fourth-order valence-corrected chi connectivity index (χ4v) is 2.32. The number of rotatable bonds is 0. The van der Waals surface area contributed by atoms with Gasteiger partial charge in [0.05, 0.1) is 0 Å². The zero-order valence-corrected chi connectivity index (χ0v) is 6.88. The van der Waals surface area contributed by atoms with Crippen LogP contribution < -0.4 is 0 Å². The Kier molecular flexibility index (Phi) is 1.46. The summed E-state index contributed by atoms with van der Waals surface area (Å²) in [6.07, 6.45) is 2.84. The molecular formula is C8H16N2. The number of hydrogen-bond acceptors (Lipinski definition) is 2. The Morgan fingerprint density at radius 3 is 2.00 bits per heavy atom. The Morgan fingerprint density at radius 2 is 1.50 bits per heavy atom. The molecule has 2 atom stereocenters. The molecular weight excluding hydrogens is 124 g/mol. The Morgan fingerprint density at radius 1 is 1.00 bits per heavy atom. The van der Waals surface area contributed by atoms with Gasteiger partial charge in [-0.3, -0.25) is 4.90 Å². The minimum absolute atomic E-state index is 0.865. The fraction of sp³-hybridized carbons (Fsp3) is 1.00. The predicted octanol–water partition coefficient (Wildman–Crippen LogP) is 0.395. The van der Waals surface area contributed by atoms with E-state index in [1.807, 2.05) is 0 Å². The number of nitrogens with zero attached hydrogens (tertiary/aromatic N) is 2. The lowest BCUT2D eigenvalue weighted by Gasteiger charge is -2.36. The minimum atomic E-state index is 0.865. The van der Waals surface area contributed by atoms with Crippen LogP contribution in [0.2, 0.25) is 0 Å². The molecule has 2 aliphatic heterocycles. The van der Waals surface area contributed by atoms with Gasteiger partial charge >= 0.3 is 0 Å². The van der Waals surface area contributed by atoms with Crippen molar-refractivity contribution in [3.8, 4) is 0 Å². The van der Waals surface area contributed by atoms with Crippen LogP contribution in [0.1, 0.15) is 12.8 Å². The number of likely N-dealkylation sites (N-methyl/N-ethyl adjacent to an activating group) is 2. The van der Waals surface area contributed by atoms with E-state index in [1.165, 1.54) is 25.9 Å². The molecule has 2 rings (SSSR count). The van der Waals surface area contributed by atoms with Crippen molar-refractivity contribution in [3.05, 3.63) is 0 Å². The van der Waals surface area contributed by atoms with Crippen LogP contribution in [-0.4, -0.2) is 49.1 Å². The second-order valence-corrected chi connectivity index (χ2v) is 3.77. The Labute approximate surface area is 62.8 Å². The van der Waals surface area contributed by atoms with E-state index in [0.29, 0.717) is 0 Å². The zero-order chi connectivity index (χ0) is 7.14. The Hall–Kier alpha value is -0.0800. The maximum Gasteiger partial charge on any atom is 0.0224 e. The van der Waals surface area contributed by atoms with Gasteiger partial charge in [-0.1, -0.05) is 0 Å². The molecule has 0 spiro atoms. The van der Waals surface area contributed by atoms with E-state index in [2.05, 4.69) is 23.9 Å². The Bertz CT molecular complexity index is 121. The summed E-state index contributed by atoms with van der Waals surface area (Å²) in [5.74, 6) is 0. The quantitative estimate of drug-likeness (QED) is 0.480. The molecule has 10 heavy (non-hydrogen) atoms. The summed E-state index contributed by atoms with van der Waals surface area (Å²) >= 11 is 0. The normalized spacial score (nSPS) is 42.6. The number of fused-ring (bicyclic) bond motifs is 2. The van der Waals surface area contributed by atoms with Crippen molar-refractivity contribution in [1.29, 1.82) is 0 Å². The van der Waals surface area contributed by atoms with E-state index >= 15 is 0 Å². The van der Waals surface area contributed by atoms with Crippen LogP contribution in [0.5, 0.6) is 0 Å². The van der Waals surface area contributed by atoms with Gasteiger partial charge in [-0.2, -0.15) is 0 Å². The smallest absolute Gasteiger partial charge is 0.0224 e. The summed E-state index contributed by atoms with van der Waals surface area (Å²) in [4.78, 5) is 5.02. The van der Waals surface area contributed by atoms with Crippen LogP contribution in [0, 0.1) is 0 Å². The molecule has 2 aliphatic rings. The molecule has 0 aromatic carbocycles. The summed E-state index contributed by atoms with van der Waals surface area (Å²) in [6, 6.07) is 1.73. The van der Waals surface area contributed by atoms with Crippen LogP contribution in [0.15, 0.2) is 0 Å². The van der Waals surface area contributed by atoms with Gasteiger partial charge in [-0.05, 0) is 26.9 Å². The largest absolute Gasteiger partial charge is 0.303 e. The first-order valence-electron chi connectivity index (χ1n) is 4.18. The summed E-state index contributed by atoms with van der Waals surface area (Å²) < 4.78 is 0. The third kappa shape index (κ3) is 0.867. The van der Waals surface area contributed by atoms with Gasteiger partial charge in [0.15, 0.2) is 0 Å². The van der Waals surface area contributed by atoms with Crippen LogP contribution in [0.25, 0.3) is 0 Å². The van der Waals surface area contributed by atoms with Crippen molar-refractivity contribution in [2.24, 2.45) is 0 Å². The highest BCUT2D eigenvalue weighted by atomic mass is 15.3. The van der Waals surface area contributed by atoms with Gasteiger partial charge < -0.3 is 4.90 Å². The molecule has 2 heterocycles. The predicted molar refractivity (Wildman–Crippen MR) is 42.1 cm³/mol. The van der Waals surface area contributed by atoms with E-state index in [-0.39, 0.29) is 0 Å².